The Kier molecular flexibility index (Phi) is 9.65. The molecule has 0 aromatic heterocycles. The van der Waals surface area contributed by atoms with Gasteiger partial charge in [0.25, 0.3) is 0 Å². The van der Waals surface area contributed by atoms with E-state index in [9.17, 15) is 13.2 Å². The van der Waals surface area contributed by atoms with Crippen molar-refractivity contribution >= 4 is 16.0 Å². The number of benzene rings is 1. The fourth-order valence-electron chi connectivity index (χ4n) is 2.73. The standard InChI is InChI=1S/C19H31NO5S/c1-5-7-8-17(6-2)19(21)20(13-14-24-3)15-16-9-11-18(12-10-16)25-26(4,22)23/h9-12,17H,5-8,13-15H2,1-4H3. The third-order valence-corrected chi connectivity index (χ3v) is 4.66. The van der Waals surface area contributed by atoms with Crippen LogP contribution in [0, 0.1) is 5.92 Å². The van der Waals surface area contributed by atoms with Gasteiger partial charge in [-0.25, -0.2) is 0 Å². The van der Waals surface area contributed by atoms with E-state index in [2.05, 4.69) is 6.92 Å². The van der Waals surface area contributed by atoms with Gasteiger partial charge in [-0.1, -0.05) is 38.8 Å². The number of methoxy groups -OCH3 is 1. The molecule has 0 heterocycles. The lowest BCUT2D eigenvalue weighted by molar-refractivity contribution is -0.137. The molecule has 0 aliphatic heterocycles. The first-order valence-electron chi connectivity index (χ1n) is 9.06. The number of unbranched alkanes of at least 4 members (excludes halogenated alkanes) is 1. The van der Waals surface area contributed by atoms with E-state index in [1.165, 1.54) is 0 Å². The highest BCUT2D eigenvalue weighted by molar-refractivity contribution is 7.86. The lowest BCUT2D eigenvalue weighted by atomic mass is 9.97. The van der Waals surface area contributed by atoms with Gasteiger partial charge in [-0.15, -0.1) is 0 Å². The van der Waals surface area contributed by atoms with E-state index >= 15 is 0 Å². The Morgan fingerprint density at radius 2 is 1.85 bits per heavy atom. The first kappa shape index (κ1) is 22.4. The molecule has 1 unspecified atom stereocenters. The fraction of sp³-hybridized carbons (Fsp3) is 0.632. The number of carbonyl (C=O) groups is 1. The fourth-order valence-corrected chi connectivity index (χ4v) is 3.19. The van der Waals surface area contributed by atoms with Crippen molar-refractivity contribution in [2.75, 3.05) is 26.5 Å². The molecule has 0 bridgehead atoms. The molecule has 1 amide bonds. The van der Waals surface area contributed by atoms with Crippen molar-refractivity contribution in [1.82, 2.24) is 4.90 Å². The molecule has 148 valence electrons. The molecule has 1 aromatic rings. The summed E-state index contributed by atoms with van der Waals surface area (Å²) in [6.45, 7) is 5.64. The van der Waals surface area contributed by atoms with Crippen molar-refractivity contribution in [3.05, 3.63) is 29.8 Å². The minimum Gasteiger partial charge on any atom is -0.383 e. The van der Waals surface area contributed by atoms with Crippen LogP contribution in [0.15, 0.2) is 24.3 Å². The zero-order chi connectivity index (χ0) is 19.6. The summed E-state index contributed by atoms with van der Waals surface area (Å²) in [4.78, 5) is 14.7. The average molecular weight is 386 g/mol. The van der Waals surface area contributed by atoms with Crippen molar-refractivity contribution in [2.45, 2.75) is 46.1 Å². The first-order chi connectivity index (χ1) is 12.3. The second-order valence-corrected chi connectivity index (χ2v) is 8.01. The maximum absolute atomic E-state index is 12.9. The number of amides is 1. The van der Waals surface area contributed by atoms with Crippen molar-refractivity contribution in [3.63, 3.8) is 0 Å². The second kappa shape index (κ2) is 11.2. The van der Waals surface area contributed by atoms with Gasteiger partial charge in [-0.3, -0.25) is 4.79 Å². The van der Waals surface area contributed by atoms with Crippen LogP contribution in [0.1, 0.15) is 45.1 Å². The molecule has 1 aromatic carbocycles. The predicted octanol–water partition coefficient (Wildman–Crippen LogP) is 3.22. The van der Waals surface area contributed by atoms with Crippen molar-refractivity contribution in [3.8, 4) is 5.75 Å². The number of carbonyl (C=O) groups excluding carboxylic acids is 1. The van der Waals surface area contributed by atoms with Crippen LogP contribution >= 0.6 is 0 Å². The Labute approximate surface area is 157 Å². The van der Waals surface area contributed by atoms with Gasteiger partial charge in [0.15, 0.2) is 0 Å². The zero-order valence-electron chi connectivity index (χ0n) is 16.2. The molecule has 0 saturated heterocycles. The molecule has 0 fully saturated rings. The van der Waals surface area contributed by atoms with Crippen LogP contribution in [-0.2, 0) is 26.2 Å². The van der Waals surface area contributed by atoms with Crippen LogP contribution in [0.4, 0.5) is 0 Å². The quantitative estimate of drug-likeness (QED) is 0.517. The maximum Gasteiger partial charge on any atom is 0.306 e. The van der Waals surface area contributed by atoms with E-state index < -0.39 is 10.1 Å². The highest BCUT2D eigenvalue weighted by Crippen LogP contribution is 2.19. The van der Waals surface area contributed by atoms with Crippen LogP contribution < -0.4 is 4.18 Å². The molecular formula is C19H31NO5S. The Hall–Kier alpha value is -1.60. The molecule has 0 spiro atoms. The van der Waals surface area contributed by atoms with Crippen LogP contribution in [0.2, 0.25) is 0 Å². The Bertz CT molecular complexity index is 642. The largest absolute Gasteiger partial charge is 0.383 e. The minimum absolute atomic E-state index is 0.0275. The Morgan fingerprint density at radius 1 is 1.19 bits per heavy atom. The maximum atomic E-state index is 12.9. The molecule has 0 saturated carbocycles. The zero-order valence-corrected chi connectivity index (χ0v) is 17.0. The first-order valence-corrected chi connectivity index (χ1v) is 10.9. The summed E-state index contributed by atoms with van der Waals surface area (Å²) < 4.78 is 32.3. The number of hydrogen-bond acceptors (Lipinski definition) is 5. The van der Waals surface area contributed by atoms with Gasteiger partial charge in [0, 0.05) is 26.1 Å². The molecular weight excluding hydrogens is 354 g/mol. The van der Waals surface area contributed by atoms with E-state index in [-0.39, 0.29) is 17.6 Å². The Morgan fingerprint density at radius 3 is 2.35 bits per heavy atom. The predicted molar refractivity (Wildman–Crippen MR) is 103 cm³/mol. The number of rotatable bonds is 12. The van der Waals surface area contributed by atoms with Gasteiger partial charge in [-0.2, -0.15) is 8.42 Å². The summed E-state index contributed by atoms with van der Waals surface area (Å²) in [6.07, 6.45) is 4.84. The third kappa shape index (κ3) is 8.19. The molecule has 26 heavy (non-hydrogen) atoms. The van der Waals surface area contributed by atoms with Crippen molar-refractivity contribution < 1.29 is 22.1 Å². The highest BCUT2D eigenvalue weighted by atomic mass is 32.2. The molecule has 1 atom stereocenters. The smallest absolute Gasteiger partial charge is 0.306 e. The van der Waals surface area contributed by atoms with E-state index in [1.807, 2.05) is 11.8 Å². The van der Waals surface area contributed by atoms with Crippen molar-refractivity contribution in [1.29, 1.82) is 0 Å². The molecule has 0 N–H and O–H groups in total. The summed E-state index contributed by atoms with van der Waals surface area (Å²) in [5, 5.41) is 0. The van der Waals surface area contributed by atoms with E-state index in [1.54, 1.807) is 31.4 Å². The highest BCUT2D eigenvalue weighted by Gasteiger charge is 2.22. The lowest BCUT2D eigenvalue weighted by Crippen LogP contribution is -2.37. The van der Waals surface area contributed by atoms with Gasteiger partial charge in [0.05, 0.1) is 12.9 Å². The average Bonchev–Trinajstić information content (AvgIpc) is 2.59. The molecule has 7 heteroatoms. The SMILES string of the molecule is CCCCC(CC)C(=O)N(CCOC)Cc1ccc(OS(C)(=O)=O)cc1. The second-order valence-electron chi connectivity index (χ2n) is 6.43. The van der Waals surface area contributed by atoms with Gasteiger partial charge in [-0.05, 0) is 30.5 Å². The molecule has 1 rings (SSSR count). The summed E-state index contributed by atoms with van der Waals surface area (Å²) in [6, 6.07) is 6.76. The van der Waals surface area contributed by atoms with E-state index in [4.69, 9.17) is 8.92 Å². The Balaban J connectivity index is 2.84. The number of nitrogens with zero attached hydrogens (tertiary/aromatic N) is 1. The van der Waals surface area contributed by atoms with Gasteiger partial charge >= 0.3 is 10.1 Å². The lowest BCUT2D eigenvalue weighted by Gasteiger charge is -2.27. The van der Waals surface area contributed by atoms with Crippen LogP contribution in [0.5, 0.6) is 5.75 Å². The van der Waals surface area contributed by atoms with Crippen LogP contribution in [-0.4, -0.2) is 45.7 Å². The molecule has 0 radical (unpaired) electrons. The summed E-state index contributed by atoms with van der Waals surface area (Å²) in [5.74, 6) is 0.439. The third-order valence-electron chi connectivity index (χ3n) is 4.17. The molecule has 0 aliphatic carbocycles. The van der Waals surface area contributed by atoms with Crippen LogP contribution in [0.3, 0.4) is 0 Å². The summed E-state index contributed by atoms with van der Waals surface area (Å²) >= 11 is 0. The van der Waals surface area contributed by atoms with Crippen LogP contribution in [0.25, 0.3) is 0 Å². The van der Waals surface area contributed by atoms with Gasteiger partial charge in [0.1, 0.15) is 5.75 Å². The molecule has 6 nitrogen and oxygen atoms in total. The van der Waals surface area contributed by atoms with Crippen molar-refractivity contribution in [2.24, 2.45) is 5.92 Å². The molecule has 0 aliphatic rings. The van der Waals surface area contributed by atoms with E-state index in [0.29, 0.717) is 19.7 Å². The summed E-state index contributed by atoms with van der Waals surface area (Å²) in [5.41, 5.74) is 0.917. The number of ether oxygens (including phenoxy) is 1. The van der Waals surface area contributed by atoms with Gasteiger partial charge in [0.2, 0.25) is 5.91 Å². The normalized spacial score (nSPS) is 12.6. The minimum atomic E-state index is -3.54. The topological polar surface area (TPSA) is 72.9 Å². The monoisotopic (exact) mass is 385 g/mol. The van der Waals surface area contributed by atoms with Gasteiger partial charge < -0.3 is 13.8 Å². The number of hydrogen-bond donors (Lipinski definition) is 0. The summed E-state index contributed by atoms with van der Waals surface area (Å²) in [7, 11) is -1.92. The van der Waals surface area contributed by atoms with E-state index in [0.717, 1.165) is 37.5 Å².